The number of rotatable bonds is 7. The smallest absolute Gasteiger partial charge is 0.162 e. The zero-order valence-electron chi connectivity index (χ0n) is 16.3. The molecular formula is C23H24N4O. The summed E-state index contributed by atoms with van der Waals surface area (Å²) in [6.07, 6.45) is 14.4. The summed E-state index contributed by atoms with van der Waals surface area (Å²) in [7, 11) is 4.04. The van der Waals surface area contributed by atoms with Crippen LogP contribution < -0.4 is 0 Å². The molecule has 0 aliphatic heterocycles. The fraction of sp³-hybridized carbons (Fsp3) is 0.261. The van der Waals surface area contributed by atoms with Crippen molar-refractivity contribution in [2.45, 2.75) is 19.3 Å². The van der Waals surface area contributed by atoms with Gasteiger partial charge in [0.05, 0.1) is 23.8 Å². The molecule has 1 aromatic carbocycles. The minimum atomic E-state index is 0.189. The van der Waals surface area contributed by atoms with Crippen LogP contribution in [-0.4, -0.2) is 45.7 Å². The van der Waals surface area contributed by atoms with Gasteiger partial charge in [0.2, 0.25) is 0 Å². The fourth-order valence-electron chi connectivity index (χ4n) is 3.44. The first-order valence-electron chi connectivity index (χ1n) is 9.59. The first-order chi connectivity index (χ1) is 13.6. The third kappa shape index (κ3) is 3.80. The van der Waals surface area contributed by atoms with Crippen molar-refractivity contribution in [2.75, 3.05) is 20.6 Å². The standard InChI is InChI=1S/C23H24N4O/c1-26(2)13-5-8-22(28)19-11-9-17(10-12-19)20-16-27-21(18-6-3-4-7-18)14-25-23(27)15-24-20/h3-4,6,9-12,14-16H,5,7-8,13H2,1-2H3. The van der Waals surface area contributed by atoms with Crippen LogP contribution in [0.1, 0.15) is 35.3 Å². The highest BCUT2D eigenvalue weighted by molar-refractivity contribution is 5.96. The first kappa shape index (κ1) is 18.3. The van der Waals surface area contributed by atoms with Crippen molar-refractivity contribution in [3.8, 4) is 11.3 Å². The van der Waals surface area contributed by atoms with Crippen LogP contribution in [0.4, 0.5) is 0 Å². The number of hydrogen-bond donors (Lipinski definition) is 0. The van der Waals surface area contributed by atoms with E-state index in [2.05, 4.69) is 37.5 Å². The van der Waals surface area contributed by atoms with Crippen molar-refractivity contribution >= 4 is 17.0 Å². The van der Waals surface area contributed by atoms with Gasteiger partial charge >= 0.3 is 0 Å². The maximum Gasteiger partial charge on any atom is 0.162 e. The van der Waals surface area contributed by atoms with Crippen LogP contribution in [0, 0.1) is 0 Å². The van der Waals surface area contributed by atoms with Crippen LogP contribution >= 0.6 is 0 Å². The summed E-state index contributed by atoms with van der Waals surface area (Å²) >= 11 is 0. The Morgan fingerprint density at radius 2 is 1.96 bits per heavy atom. The number of benzene rings is 1. The Kier molecular flexibility index (Phi) is 5.17. The Labute approximate surface area is 165 Å². The van der Waals surface area contributed by atoms with E-state index in [0.717, 1.165) is 47.5 Å². The van der Waals surface area contributed by atoms with Gasteiger partial charge in [0.1, 0.15) is 0 Å². The molecule has 28 heavy (non-hydrogen) atoms. The Bertz CT molecular complexity index is 1060. The van der Waals surface area contributed by atoms with Crippen LogP contribution in [0.25, 0.3) is 22.5 Å². The summed E-state index contributed by atoms with van der Waals surface area (Å²) in [5.41, 5.74) is 5.79. The summed E-state index contributed by atoms with van der Waals surface area (Å²) in [5, 5.41) is 0. The predicted molar refractivity (Wildman–Crippen MR) is 112 cm³/mol. The van der Waals surface area contributed by atoms with E-state index >= 15 is 0 Å². The maximum atomic E-state index is 12.3. The monoisotopic (exact) mass is 372 g/mol. The van der Waals surface area contributed by atoms with Crippen molar-refractivity contribution in [3.05, 3.63) is 72.3 Å². The molecule has 1 aliphatic rings. The number of hydrogen-bond acceptors (Lipinski definition) is 4. The van der Waals surface area contributed by atoms with Crippen molar-refractivity contribution in [1.29, 1.82) is 0 Å². The Balaban J connectivity index is 1.55. The lowest BCUT2D eigenvalue weighted by Gasteiger charge is -2.09. The number of nitrogens with zero attached hydrogens (tertiary/aromatic N) is 4. The normalized spacial score (nSPS) is 13.5. The molecule has 0 unspecified atom stereocenters. The van der Waals surface area contributed by atoms with Gasteiger partial charge in [0, 0.05) is 23.7 Å². The summed E-state index contributed by atoms with van der Waals surface area (Å²) < 4.78 is 2.08. The highest BCUT2D eigenvalue weighted by Crippen LogP contribution is 2.26. The highest BCUT2D eigenvalue weighted by Gasteiger charge is 2.12. The third-order valence-corrected chi connectivity index (χ3v) is 5.01. The molecular weight excluding hydrogens is 348 g/mol. The highest BCUT2D eigenvalue weighted by atomic mass is 16.1. The van der Waals surface area contributed by atoms with Crippen LogP contribution in [0.2, 0.25) is 0 Å². The van der Waals surface area contributed by atoms with E-state index < -0.39 is 0 Å². The summed E-state index contributed by atoms with van der Waals surface area (Å²) in [5.74, 6) is 0.189. The van der Waals surface area contributed by atoms with Gasteiger partial charge in [0.25, 0.3) is 0 Å². The lowest BCUT2D eigenvalue weighted by molar-refractivity contribution is 0.0977. The van der Waals surface area contributed by atoms with Crippen LogP contribution in [0.15, 0.2) is 61.1 Å². The minimum Gasteiger partial charge on any atom is -0.309 e. The van der Waals surface area contributed by atoms with Gasteiger partial charge in [-0.15, -0.1) is 0 Å². The number of fused-ring (bicyclic) bond motifs is 1. The summed E-state index contributed by atoms with van der Waals surface area (Å²) in [4.78, 5) is 23.5. The van der Waals surface area contributed by atoms with E-state index in [1.54, 1.807) is 6.20 Å². The fourth-order valence-corrected chi connectivity index (χ4v) is 3.44. The van der Waals surface area contributed by atoms with Crippen molar-refractivity contribution < 1.29 is 4.79 Å². The average molecular weight is 372 g/mol. The second kappa shape index (κ2) is 7.90. The largest absolute Gasteiger partial charge is 0.309 e. The number of carbonyl (C=O) groups excluding carboxylic acids is 1. The predicted octanol–water partition coefficient (Wildman–Crippen LogP) is 4.26. The number of ketones is 1. The van der Waals surface area contributed by atoms with E-state index in [1.165, 1.54) is 5.57 Å². The summed E-state index contributed by atoms with van der Waals surface area (Å²) in [6, 6.07) is 7.75. The number of Topliss-reactive ketones (excluding diaryl/α,β-unsaturated/α-hetero) is 1. The second-order valence-corrected chi connectivity index (χ2v) is 7.38. The molecule has 5 heteroatoms. The molecule has 0 saturated carbocycles. The molecule has 2 heterocycles. The quantitative estimate of drug-likeness (QED) is 0.582. The molecule has 0 fully saturated rings. The zero-order chi connectivity index (χ0) is 19.5. The SMILES string of the molecule is CN(C)CCCC(=O)c1ccc(-c2cn3c(C4=CC=CC4)cnc3cn2)cc1. The molecule has 0 radical (unpaired) electrons. The lowest BCUT2D eigenvalue weighted by Crippen LogP contribution is -2.14. The van der Waals surface area contributed by atoms with E-state index in [-0.39, 0.29) is 5.78 Å². The molecule has 1 aliphatic carbocycles. The third-order valence-electron chi connectivity index (χ3n) is 5.01. The van der Waals surface area contributed by atoms with E-state index in [4.69, 9.17) is 0 Å². The van der Waals surface area contributed by atoms with Crippen molar-refractivity contribution in [2.24, 2.45) is 0 Å². The Morgan fingerprint density at radius 3 is 2.68 bits per heavy atom. The molecule has 3 aromatic rings. The van der Waals surface area contributed by atoms with Gasteiger partial charge in [-0.05, 0) is 39.1 Å². The minimum absolute atomic E-state index is 0.189. The van der Waals surface area contributed by atoms with Gasteiger partial charge in [-0.2, -0.15) is 0 Å². The van der Waals surface area contributed by atoms with Gasteiger partial charge < -0.3 is 4.90 Å². The number of allylic oxidation sites excluding steroid dienone is 4. The topological polar surface area (TPSA) is 50.5 Å². The van der Waals surface area contributed by atoms with Gasteiger partial charge in [-0.25, -0.2) is 4.98 Å². The van der Waals surface area contributed by atoms with Gasteiger partial charge in [0.15, 0.2) is 11.4 Å². The number of aromatic nitrogens is 3. The Hall–Kier alpha value is -3.05. The first-order valence-corrected chi connectivity index (χ1v) is 9.59. The molecule has 0 spiro atoms. The molecule has 0 N–H and O–H groups in total. The molecule has 2 aromatic heterocycles. The molecule has 0 atom stereocenters. The zero-order valence-corrected chi connectivity index (χ0v) is 16.3. The lowest BCUT2D eigenvalue weighted by atomic mass is 10.0. The van der Waals surface area contributed by atoms with E-state index in [1.807, 2.05) is 50.8 Å². The van der Waals surface area contributed by atoms with Crippen molar-refractivity contribution in [3.63, 3.8) is 0 Å². The van der Waals surface area contributed by atoms with Crippen LogP contribution in [0.5, 0.6) is 0 Å². The molecule has 0 amide bonds. The van der Waals surface area contributed by atoms with Crippen molar-refractivity contribution in [1.82, 2.24) is 19.3 Å². The van der Waals surface area contributed by atoms with Crippen LogP contribution in [-0.2, 0) is 0 Å². The second-order valence-electron chi connectivity index (χ2n) is 7.38. The van der Waals surface area contributed by atoms with Gasteiger partial charge in [-0.1, -0.05) is 42.5 Å². The Morgan fingerprint density at radius 1 is 1.14 bits per heavy atom. The molecule has 5 nitrogen and oxygen atoms in total. The summed E-state index contributed by atoms with van der Waals surface area (Å²) in [6.45, 7) is 0.924. The molecule has 0 bridgehead atoms. The average Bonchev–Trinajstić information content (AvgIpc) is 3.36. The molecule has 142 valence electrons. The van der Waals surface area contributed by atoms with E-state index in [9.17, 15) is 4.79 Å². The van der Waals surface area contributed by atoms with E-state index in [0.29, 0.717) is 6.42 Å². The van der Waals surface area contributed by atoms with Crippen LogP contribution in [0.3, 0.4) is 0 Å². The van der Waals surface area contributed by atoms with Gasteiger partial charge in [-0.3, -0.25) is 14.2 Å². The molecule has 4 rings (SSSR count). The number of carbonyl (C=O) groups is 1. The number of imidazole rings is 1. The molecule has 0 saturated heterocycles. The maximum absolute atomic E-state index is 12.3.